The lowest BCUT2D eigenvalue weighted by atomic mass is 10.1. The summed E-state index contributed by atoms with van der Waals surface area (Å²) in [5, 5.41) is 2.81. The van der Waals surface area contributed by atoms with Crippen molar-refractivity contribution in [3.05, 3.63) is 48.0 Å². The molecule has 0 saturated carbocycles. The zero-order chi connectivity index (χ0) is 21.5. The third-order valence-electron chi connectivity index (χ3n) is 4.65. The lowest BCUT2D eigenvalue weighted by molar-refractivity contribution is -0.142. The maximum atomic E-state index is 12.6. The number of esters is 1. The lowest BCUT2D eigenvalue weighted by Crippen LogP contribution is -2.38. The molecule has 30 heavy (non-hydrogen) atoms. The number of nitrogens with one attached hydrogen (secondary N) is 1. The number of carbonyl (C=O) groups excluding carboxylic acids is 3. The maximum Gasteiger partial charge on any atom is 0.343 e. The van der Waals surface area contributed by atoms with E-state index in [9.17, 15) is 14.4 Å². The molecular formula is C22H24N2O6. The van der Waals surface area contributed by atoms with Crippen LogP contribution in [0.15, 0.2) is 42.5 Å². The van der Waals surface area contributed by atoms with Crippen LogP contribution in [0.1, 0.15) is 18.4 Å². The number of methoxy groups -OCH3 is 1. The number of amides is 2. The first-order valence-electron chi connectivity index (χ1n) is 9.60. The van der Waals surface area contributed by atoms with E-state index < -0.39 is 5.97 Å². The predicted molar refractivity (Wildman–Crippen MR) is 111 cm³/mol. The van der Waals surface area contributed by atoms with Crippen molar-refractivity contribution in [1.29, 1.82) is 0 Å². The van der Waals surface area contributed by atoms with Crippen LogP contribution in [0.25, 0.3) is 0 Å². The van der Waals surface area contributed by atoms with Crippen molar-refractivity contribution in [3.8, 4) is 11.5 Å². The zero-order valence-corrected chi connectivity index (χ0v) is 17.0. The van der Waals surface area contributed by atoms with Gasteiger partial charge in [0.05, 0.1) is 19.3 Å². The summed E-state index contributed by atoms with van der Waals surface area (Å²) >= 11 is 0. The van der Waals surface area contributed by atoms with Crippen molar-refractivity contribution in [1.82, 2.24) is 0 Å². The molecular weight excluding hydrogens is 388 g/mol. The quantitative estimate of drug-likeness (QED) is 0.703. The lowest BCUT2D eigenvalue weighted by Gasteiger charge is -2.29. The number of fused-ring (bicyclic) bond motifs is 1. The van der Waals surface area contributed by atoms with E-state index in [2.05, 4.69) is 10.1 Å². The number of aryl methyl sites for hydroxylation is 1. The van der Waals surface area contributed by atoms with Gasteiger partial charge in [0.25, 0.3) is 0 Å². The van der Waals surface area contributed by atoms with E-state index in [4.69, 9.17) is 9.47 Å². The van der Waals surface area contributed by atoms with E-state index in [1.807, 2.05) is 31.2 Å². The molecule has 0 atom stereocenters. The Morgan fingerprint density at radius 2 is 1.93 bits per heavy atom. The van der Waals surface area contributed by atoms with Crippen LogP contribution in [0.5, 0.6) is 11.5 Å². The van der Waals surface area contributed by atoms with Crippen molar-refractivity contribution in [2.45, 2.75) is 19.8 Å². The van der Waals surface area contributed by atoms with Crippen LogP contribution >= 0.6 is 0 Å². The van der Waals surface area contributed by atoms with Crippen LogP contribution in [-0.2, 0) is 19.1 Å². The Labute approximate surface area is 174 Å². The molecule has 1 N–H and O–H groups in total. The van der Waals surface area contributed by atoms with Gasteiger partial charge < -0.3 is 24.4 Å². The Morgan fingerprint density at radius 3 is 2.70 bits per heavy atom. The van der Waals surface area contributed by atoms with Crippen LogP contribution in [0.2, 0.25) is 0 Å². The number of para-hydroxylation sites is 2. The van der Waals surface area contributed by atoms with Crippen molar-refractivity contribution < 1.29 is 28.6 Å². The van der Waals surface area contributed by atoms with Gasteiger partial charge in [-0.25, -0.2) is 4.79 Å². The number of nitrogens with zero attached hydrogens (tertiary/aromatic N) is 1. The number of anilines is 2. The SMILES string of the molecule is COC(=O)COc1ccc(NC(=O)CCC(=O)N2CCOc3ccccc32)c(C)c1. The van der Waals surface area contributed by atoms with Crippen LogP contribution in [0.4, 0.5) is 11.4 Å². The van der Waals surface area contributed by atoms with Crippen LogP contribution in [-0.4, -0.2) is 44.7 Å². The normalized spacial score (nSPS) is 12.4. The van der Waals surface area contributed by atoms with Gasteiger partial charge in [0, 0.05) is 18.5 Å². The fourth-order valence-electron chi connectivity index (χ4n) is 3.06. The van der Waals surface area contributed by atoms with E-state index in [1.165, 1.54) is 7.11 Å². The van der Waals surface area contributed by atoms with Crippen LogP contribution in [0, 0.1) is 6.92 Å². The summed E-state index contributed by atoms with van der Waals surface area (Å²) in [6, 6.07) is 12.4. The highest BCUT2D eigenvalue weighted by molar-refractivity contribution is 5.99. The topological polar surface area (TPSA) is 94.2 Å². The largest absolute Gasteiger partial charge is 0.490 e. The molecule has 0 aromatic heterocycles. The second kappa shape index (κ2) is 9.78. The molecule has 1 aliphatic rings. The Balaban J connectivity index is 1.52. The summed E-state index contributed by atoms with van der Waals surface area (Å²) in [4.78, 5) is 37.8. The standard InChI is InChI=1S/C22H24N2O6/c1-15-13-16(30-14-22(27)28-2)7-8-17(15)23-20(25)9-10-21(26)24-11-12-29-19-6-4-3-5-18(19)24/h3-8,13H,9-12,14H2,1-2H3,(H,23,25). The molecule has 1 heterocycles. The molecule has 0 aliphatic carbocycles. The fourth-order valence-corrected chi connectivity index (χ4v) is 3.06. The minimum Gasteiger partial charge on any atom is -0.490 e. The number of benzene rings is 2. The first kappa shape index (κ1) is 21.2. The number of ether oxygens (including phenoxy) is 3. The van der Waals surface area contributed by atoms with Gasteiger partial charge in [0.15, 0.2) is 6.61 Å². The van der Waals surface area contributed by atoms with E-state index in [1.54, 1.807) is 23.1 Å². The molecule has 8 heteroatoms. The van der Waals surface area contributed by atoms with Crippen molar-refractivity contribution >= 4 is 29.2 Å². The van der Waals surface area contributed by atoms with Crippen LogP contribution < -0.4 is 19.7 Å². The first-order chi connectivity index (χ1) is 14.5. The highest BCUT2D eigenvalue weighted by Crippen LogP contribution is 2.31. The van der Waals surface area contributed by atoms with Crippen molar-refractivity contribution in [2.75, 3.05) is 37.1 Å². The Hall–Kier alpha value is -3.55. The molecule has 1 aliphatic heterocycles. The fraction of sp³-hybridized carbons (Fsp3) is 0.318. The smallest absolute Gasteiger partial charge is 0.343 e. The summed E-state index contributed by atoms with van der Waals surface area (Å²) < 4.78 is 15.4. The Bertz CT molecular complexity index is 943. The Morgan fingerprint density at radius 1 is 1.13 bits per heavy atom. The minimum atomic E-state index is -0.474. The molecule has 2 amide bonds. The van der Waals surface area contributed by atoms with Crippen LogP contribution in [0.3, 0.4) is 0 Å². The minimum absolute atomic E-state index is 0.0678. The first-order valence-corrected chi connectivity index (χ1v) is 9.60. The predicted octanol–water partition coefficient (Wildman–Crippen LogP) is 2.69. The third-order valence-corrected chi connectivity index (χ3v) is 4.65. The van der Waals surface area contributed by atoms with Crippen molar-refractivity contribution in [3.63, 3.8) is 0 Å². The van der Waals surface area contributed by atoms with Gasteiger partial charge >= 0.3 is 5.97 Å². The van der Waals surface area contributed by atoms with Crippen molar-refractivity contribution in [2.24, 2.45) is 0 Å². The summed E-state index contributed by atoms with van der Waals surface area (Å²) in [7, 11) is 1.29. The molecule has 3 rings (SSSR count). The highest BCUT2D eigenvalue weighted by Gasteiger charge is 2.23. The monoisotopic (exact) mass is 412 g/mol. The van der Waals surface area contributed by atoms with Gasteiger partial charge in [0.2, 0.25) is 11.8 Å². The molecule has 0 bridgehead atoms. The van der Waals surface area contributed by atoms with Gasteiger partial charge in [-0.2, -0.15) is 0 Å². The highest BCUT2D eigenvalue weighted by atomic mass is 16.6. The second-order valence-electron chi connectivity index (χ2n) is 6.75. The summed E-state index contributed by atoms with van der Waals surface area (Å²) in [6.45, 7) is 2.52. The van der Waals surface area contributed by atoms with Gasteiger partial charge in [0.1, 0.15) is 18.1 Å². The summed E-state index contributed by atoms with van der Waals surface area (Å²) in [5.41, 5.74) is 2.13. The van der Waals surface area contributed by atoms with E-state index in [0.717, 1.165) is 11.3 Å². The molecule has 0 spiro atoms. The van der Waals surface area contributed by atoms with Gasteiger partial charge in [-0.15, -0.1) is 0 Å². The van der Waals surface area contributed by atoms with Gasteiger partial charge in [-0.05, 0) is 42.8 Å². The Kier molecular flexibility index (Phi) is 6.90. The van der Waals surface area contributed by atoms with E-state index in [0.29, 0.717) is 30.3 Å². The number of carbonyl (C=O) groups is 3. The molecule has 2 aromatic carbocycles. The average Bonchev–Trinajstić information content (AvgIpc) is 2.77. The zero-order valence-electron chi connectivity index (χ0n) is 17.0. The van der Waals surface area contributed by atoms with Gasteiger partial charge in [-0.3, -0.25) is 9.59 Å². The number of hydrogen-bond acceptors (Lipinski definition) is 6. The number of rotatable bonds is 7. The molecule has 8 nitrogen and oxygen atoms in total. The maximum absolute atomic E-state index is 12.6. The van der Waals surface area contributed by atoms with E-state index in [-0.39, 0.29) is 31.3 Å². The molecule has 0 fully saturated rings. The molecule has 0 saturated heterocycles. The third kappa shape index (κ3) is 5.28. The molecule has 2 aromatic rings. The molecule has 0 unspecified atom stereocenters. The average molecular weight is 412 g/mol. The van der Waals surface area contributed by atoms with Gasteiger partial charge in [-0.1, -0.05) is 12.1 Å². The summed E-state index contributed by atoms with van der Waals surface area (Å²) in [5.74, 6) is 0.321. The summed E-state index contributed by atoms with van der Waals surface area (Å²) in [6.07, 6.45) is 0.165. The number of hydrogen-bond donors (Lipinski definition) is 1. The van der Waals surface area contributed by atoms with E-state index >= 15 is 0 Å². The second-order valence-corrected chi connectivity index (χ2v) is 6.75. The molecule has 0 radical (unpaired) electrons. The molecule has 158 valence electrons.